The van der Waals surface area contributed by atoms with Crippen LogP contribution in [0.5, 0.6) is 0 Å². The number of hydrogen-bond donors (Lipinski definition) is 1. The standard InChI is InChI=1S/C4H8INO/c1-4(7)6-3-2-5/h2-3H2,1H3,(H,6,7). The van der Waals surface area contributed by atoms with E-state index in [1.165, 1.54) is 6.92 Å². The van der Waals surface area contributed by atoms with Crippen molar-refractivity contribution in [1.29, 1.82) is 0 Å². The van der Waals surface area contributed by atoms with Crippen molar-refractivity contribution in [3.63, 3.8) is 0 Å². The van der Waals surface area contributed by atoms with Gasteiger partial charge in [-0.1, -0.05) is 22.6 Å². The molecule has 0 unspecified atom stereocenters. The summed E-state index contributed by atoms with van der Waals surface area (Å²) in [6.07, 6.45) is 0. The van der Waals surface area contributed by atoms with Crippen LogP contribution >= 0.6 is 22.6 Å². The van der Waals surface area contributed by atoms with Gasteiger partial charge in [0.05, 0.1) is 0 Å². The zero-order valence-corrected chi connectivity index (χ0v) is 6.36. The third-order valence-corrected chi connectivity index (χ3v) is 1.01. The average Bonchev–Trinajstić information content (AvgIpc) is 1.61. The maximum absolute atomic E-state index is 10.1. The Morgan fingerprint density at radius 1 is 1.86 bits per heavy atom. The molecular weight excluding hydrogens is 205 g/mol. The van der Waals surface area contributed by atoms with Gasteiger partial charge in [-0.2, -0.15) is 0 Å². The normalized spacial score (nSPS) is 8.29. The summed E-state index contributed by atoms with van der Waals surface area (Å²) < 4.78 is 0.983. The van der Waals surface area contributed by atoms with E-state index in [0.717, 1.165) is 11.0 Å². The first-order chi connectivity index (χ1) is 3.27. The molecule has 0 aromatic heterocycles. The molecule has 0 aromatic rings. The molecule has 0 radical (unpaired) electrons. The molecule has 0 heterocycles. The van der Waals surface area contributed by atoms with Crippen LogP contribution in [-0.2, 0) is 4.79 Å². The van der Waals surface area contributed by atoms with Gasteiger partial charge in [0.25, 0.3) is 0 Å². The second kappa shape index (κ2) is 4.36. The average molecular weight is 213 g/mol. The fourth-order valence-corrected chi connectivity index (χ4v) is 0.493. The van der Waals surface area contributed by atoms with E-state index >= 15 is 0 Å². The van der Waals surface area contributed by atoms with E-state index in [1.54, 1.807) is 0 Å². The van der Waals surface area contributed by atoms with Crippen LogP contribution in [0.25, 0.3) is 0 Å². The summed E-state index contributed by atoms with van der Waals surface area (Å²) in [5.41, 5.74) is 0. The first-order valence-electron chi connectivity index (χ1n) is 2.07. The lowest BCUT2D eigenvalue weighted by molar-refractivity contribution is -0.118. The Balaban J connectivity index is 2.82. The molecule has 0 aliphatic heterocycles. The molecule has 0 bridgehead atoms. The van der Waals surface area contributed by atoms with Crippen LogP contribution in [0.1, 0.15) is 6.92 Å². The minimum Gasteiger partial charge on any atom is -0.356 e. The van der Waals surface area contributed by atoms with Crippen molar-refractivity contribution < 1.29 is 4.79 Å². The SMILES string of the molecule is CC(=O)NCCI. The molecule has 0 fully saturated rings. The highest BCUT2D eigenvalue weighted by Gasteiger charge is 1.83. The Morgan fingerprint density at radius 2 is 2.43 bits per heavy atom. The summed E-state index contributed by atoms with van der Waals surface area (Å²) >= 11 is 2.21. The number of nitrogens with one attached hydrogen (secondary N) is 1. The maximum Gasteiger partial charge on any atom is 0.216 e. The highest BCUT2D eigenvalue weighted by molar-refractivity contribution is 14.1. The minimum atomic E-state index is 0.0525. The lowest BCUT2D eigenvalue weighted by Crippen LogP contribution is -2.21. The van der Waals surface area contributed by atoms with E-state index in [1.807, 2.05) is 0 Å². The van der Waals surface area contributed by atoms with E-state index in [4.69, 9.17) is 0 Å². The van der Waals surface area contributed by atoms with Gasteiger partial charge in [0.1, 0.15) is 0 Å². The molecule has 7 heavy (non-hydrogen) atoms. The van der Waals surface area contributed by atoms with Crippen LogP contribution in [0, 0.1) is 0 Å². The van der Waals surface area contributed by atoms with Crippen molar-refractivity contribution in [3.8, 4) is 0 Å². The van der Waals surface area contributed by atoms with Crippen LogP contribution < -0.4 is 5.32 Å². The van der Waals surface area contributed by atoms with Crippen molar-refractivity contribution >= 4 is 28.5 Å². The van der Waals surface area contributed by atoms with E-state index in [-0.39, 0.29) is 5.91 Å². The first kappa shape index (κ1) is 7.20. The molecule has 0 saturated heterocycles. The van der Waals surface area contributed by atoms with E-state index in [0.29, 0.717) is 0 Å². The Labute approximate surface area is 56.8 Å². The fourth-order valence-electron chi connectivity index (χ4n) is 0.223. The number of alkyl halides is 1. The van der Waals surface area contributed by atoms with Crippen molar-refractivity contribution in [3.05, 3.63) is 0 Å². The number of halogens is 1. The number of rotatable bonds is 2. The molecule has 0 spiro atoms. The van der Waals surface area contributed by atoms with E-state index in [2.05, 4.69) is 27.9 Å². The lowest BCUT2D eigenvalue weighted by Gasteiger charge is -1.92. The lowest BCUT2D eigenvalue weighted by atomic mass is 10.6. The topological polar surface area (TPSA) is 29.1 Å². The summed E-state index contributed by atoms with van der Waals surface area (Å²) in [6.45, 7) is 2.31. The Hall–Kier alpha value is 0.200. The smallest absolute Gasteiger partial charge is 0.216 e. The quantitative estimate of drug-likeness (QED) is 0.526. The van der Waals surface area contributed by atoms with Crippen molar-refractivity contribution in [2.75, 3.05) is 11.0 Å². The Bertz CT molecular complexity index is 64.7. The third-order valence-electron chi connectivity index (χ3n) is 0.468. The van der Waals surface area contributed by atoms with Crippen molar-refractivity contribution in [2.45, 2.75) is 6.92 Å². The first-order valence-corrected chi connectivity index (χ1v) is 3.60. The predicted molar refractivity (Wildman–Crippen MR) is 37.6 cm³/mol. The molecule has 0 aliphatic carbocycles. The molecule has 1 N–H and O–H groups in total. The highest BCUT2D eigenvalue weighted by Crippen LogP contribution is 1.74. The van der Waals surface area contributed by atoms with E-state index in [9.17, 15) is 4.79 Å². The van der Waals surface area contributed by atoms with Gasteiger partial charge in [0.15, 0.2) is 0 Å². The molecule has 1 amide bonds. The number of hydrogen-bond acceptors (Lipinski definition) is 1. The van der Waals surface area contributed by atoms with Gasteiger partial charge in [-0.25, -0.2) is 0 Å². The molecule has 0 aromatic carbocycles. The molecule has 0 aliphatic rings. The largest absolute Gasteiger partial charge is 0.356 e. The highest BCUT2D eigenvalue weighted by atomic mass is 127. The summed E-state index contributed by atoms with van der Waals surface area (Å²) in [4.78, 5) is 10.1. The second-order valence-electron chi connectivity index (χ2n) is 1.17. The summed E-state index contributed by atoms with van der Waals surface area (Å²) in [6, 6.07) is 0. The van der Waals surface area contributed by atoms with Gasteiger partial charge in [-0.15, -0.1) is 0 Å². The Kier molecular flexibility index (Phi) is 4.49. The monoisotopic (exact) mass is 213 g/mol. The van der Waals surface area contributed by atoms with Crippen LogP contribution in [0.15, 0.2) is 0 Å². The maximum atomic E-state index is 10.1. The summed E-state index contributed by atoms with van der Waals surface area (Å²) in [5.74, 6) is 0.0525. The van der Waals surface area contributed by atoms with Gasteiger partial charge in [-0.05, 0) is 0 Å². The number of carbonyl (C=O) groups is 1. The van der Waals surface area contributed by atoms with Crippen molar-refractivity contribution in [2.24, 2.45) is 0 Å². The number of amides is 1. The molecule has 2 nitrogen and oxygen atoms in total. The third kappa shape index (κ3) is 6.20. The van der Waals surface area contributed by atoms with Gasteiger partial charge >= 0.3 is 0 Å². The molecule has 3 heteroatoms. The summed E-state index contributed by atoms with van der Waals surface area (Å²) in [5, 5.41) is 2.65. The van der Waals surface area contributed by atoms with Crippen LogP contribution in [0.4, 0.5) is 0 Å². The van der Waals surface area contributed by atoms with Crippen molar-refractivity contribution in [1.82, 2.24) is 5.32 Å². The molecule has 0 atom stereocenters. The molecule has 0 saturated carbocycles. The zero-order chi connectivity index (χ0) is 5.70. The number of carbonyl (C=O) groups excluding carboxylic acids is 1. The van der Waals surface area contributed by atoms with E-state index < -0.39 is 0 Å². The predicted octanol–water partition coefficient (Wildman–Crippen LogP) is 0.558. The van der Waals surface area contributed by atoms with Crippen LogP contribution in [0.3, 0.4) is 0 Å². The molecule has 0 rings (SSSR count). The van der Waals surface area contributed by atoms with Gasteiger partial charge in [-0.3, -0.25) is 4.79 Å². The second-order valence-corrected chi connectivity index (χ2v) is 2.25. The van der Waals surface area contributed by atoms with Crippen LogP contribution in [0.2, 0.25) is 0 Å². The minimum absolute atomic E-state index is 0.0525. The summed E-state index contributed by atoms with van der Waals surface area (Å²) in [7, 11) is 0. The van der Waals surface area contributed by atoms with Gasteiger partial charge in [0, 0.05) is 17.9 Å². The molecular formula is C4H8INO. The van der Waals surface area contributed by atoms with Crippen LogP contribution in [-0.4, -0.2) is 16.9 Å². The fraction of sp³-hybridized carbons (Fsp3) is 0.750. The van der Waals surface area contributed by atoms with Gasteiger partial charge in [0.2, 0.25) is 5.91 Å². The Morgan fingerprint density at radius 3 is 2.57 bits per heavy atom. The molecule has 42 valence electrons. The van der Waals surface area contributed by atoms with Gasteiger partial charge < -0.3 is 5.32 Å². The zero-order valence-electron chi connectivity index (χ0n) is 4.20.